The van der Waals surface area contributed by atoms with Gasteiger partial charge in [0.1, 0.15) is 0 Å². The van der Waals surface area contributed by atoms with Gasteiger partial charge in [0.05, 0.1) is 0 Å². The number of hydrogen-bond acceptors (Lipinski definition) is 3. The van der Waals surface area contributed by atoms with Gasteiger partial charge in [-0.05, 0) is 24.3 Å². The zero-order chi connectivity index (χ0) is 11.4. The monoisotopic (exact) mass is 239 g/mol. The van der Waals surface area contributed by atoms with Crippen molar-refractivity contribution in [2.24, 2.45) is 0 Å². The largest absolute Gasteiger partial charge is 0.381 e. The Morgan fingerprint density at radius 1 is 1.44 bits per heavy atom. The fraction of sp³-hybridized carbons (Fsp3) is 0.692. The maximum atomic E-state index is 5.37. The molecule has 1 aromatic heterocycles. The van der Waals surface area contributed by atoms with Crippen LogP contribution in [0.2, 0.25) is 0 Å². The quantitative estimate of drug-likeness (QED) is 0.872. The van der Waals surface area contributed by atoms with Crippen LogP contribution in [0.5, 0.6) is 0 Å². The van der Waals surface area contributed by atoms with Crippen molar-refractivity contribution >= 4 is 11.3 Å². The van der Waals surface area contributed by atoms with Crippen molar-refractivity contribution in [1.82, 2.24) is 5.32 Å². The molecule has 2 rings (SSSR count). The molecule has 0 spiro atoms. The van der Waals surface area contributed by atoms with Gasteiger partial charge in [0, 0.05) is 36.1 Å². The number of thiophene rings is 1. The summed E-state index contributed by atoms with van der Waals surface area (Å²) in [6.07, 6.45) is 2.31. The highest BCUT2D eigenvalue weighted by molar-refractivity contribution is 7.10. The first kappa shape index (κ1) is 12.1. The molecular weight excluding hydrogens is 218 g/mol. The second-order valence-electron chi connectivity index (χ2n) is 5.13. The Morgan fingerprint density at radius 3 is 2.81 bits per heavy atom. The molecule has 0 amide bonds. The summed E-state index contributed by atoms with van der Waals surface area (Å²) in [4.78, 5) is 1.46. The summed E-state index contributed by atoms with van der Waals surface area (Å²) in [6, 6.07) is 5.01. The van der Waals surface area contributed by atoms with E-state index in [1.807, 2.05) is 11.3 Å². The molecule has 1 aliphatic rings. The second kappa shape index (κ2) is 5.30. The summed E-state index contributed by atoms with van der Waals surface area (Å²) in [5.41, 5.74) is 0.243. The molecule has 1 aromatic rings. The zero-order valence-corrected chi connectivity index (χ0v) is 11.0. The van der Waals surface area contributed by atoms with Crippen molar-refractivity contribution in [3.05, 3.63) is 22.4 Å². The third kappa shape index (κ3) is 3.06. The van der Waals surface area contributed by atoms with Gasteiger partial charge in [-0.3, -0.25) is 0 Å². The first-order valence-corrected chi connectivity index (χ1v) is 6.91. The molecule has 1 fully saturated rings. The fourth-order valence-corrected chi connectivity index (χ4v) is 2.90. The minimum Gasteiger partial charge on any atom is -0.381 e. The fourth-order valence-electron chi connectivity index (χ4n) is 2.05. The third-order valence-electron chi connectivity index (χ3n) is 3.24. The average Bonchev–Trinajstić information content (AvgIpc) is 2.82. The normalized spacial score (nSPS) is 18.9. The van der Waals surface area contributed by atoms with Crippen LogP contribution in [0, 0.1) is 0 Å². The van der Waals surface area contributed by atoms with Gasteiger partial charge < -0.3 is 10.1 Å². The minimum absolute atomic E-state index is 0.243. The number of rotatable bonds is 4. The lowest BCUT2D eigenvalue weighted by Gasteiger charge is -2.29. The van der Waals surface area contributed by atoms with E-state index in [1.54, 1.807) is 0 Å². The predicted molar refractivity (Wildman–Crippen MR) is 69.2 cm³/mol. The lowest BCUT2D eigenvalue weighted by atomic mass is 9.91. The van der Waals surface area contributed by atoms with Crippen molar-refractivity contribution in [1.29, 1.82) is 0 Å². The van der Waals surface area contributed by atoms with Crippen molar-refractivity contribution in [3.63, 3.8) is 0 Å². The van der Waals surface area contributed by atoms with Crippen LogP contribution in [0.15, 0.2) is 17.5 Å². The molecular formula is C13H21NOS. The molecule has 16 heavy (non-hydrogen) atoms. The maximum absolute atomic E-state index is 5.37. The standard InChI is InChI=1S/C13H21NOS/c1-13(2,12-4-3-9-16-12)10-14-11-5-7-15-8-6-11/h3-4,9,11,14H,5-8,10H2,1-2H3. The van der Waals surface area contributed by atoms with E-state index in [1.165, 1.54) is 4.88 Å². The van der Waals surface area contributed by atoms with Gasteiger partial charge in [-0.25, -0.2) is 0 Å². The van der Waals surface area contributed by atoms with Crippen LogP contribution >= 0.6 is 11.3 Å². The summed E-state index contributed by atoms with van der Waals surface area (Å²) in [5.74, 6) is 0. The van der Waals surface area contributed by atoms with Gasteiger partial charge in [0.15, 0.2) is 0 Å². The van der Waals surface area contributed by atoms with Gasteiger partial charge in [0.2, 0.25) is 0 Å². The van der Waals surface area contributed by atoms with E-state index in [4.69, 9.17) is 4.74 Å². The first-order chi connectivity index (χ1) is 7.68. The van der Waals surface area contributed by atoms with E-state index in [0.29, 0.717) is 6.04 Å². The molecule has 1 saturated heterocycles. The molecule has 0 aromatic carbocycles. The van der Waals surface area contributed by atoms with Crippen LogP contribution in [0.1, 0.15) is 31.6 Å². The number of nitrogens with one attached hydrogen (secondary N) is 1. The third-order valence-corrected chi connectivity index (χ3v) is 4.48. The van der Waals surface area contributed by atoms with Crippen molar-refractivity contribution in [2.75, 3.05) is 19.8 Å². The number of ether oxygens (including phenoxy) is 1. The van der Waals surface area contributed by atoms with E-state index < -0.39 is 0 Å². The second-order valence-corrected chi connectivity index (χ2v) is 6.08. The molecule has 90 valence electrons. The lowest BCUT2D eigenvalue weighted by molar-refractivity contribution is 0.0767. The summed E-state index contributed by atoms with van der Waals surface area (Å²) < 4.78 is 5.37. The molecule has 2 heterocycles. The Kier molecular flexibility index (Phi) is 4.00. The average molecular weight is 239 g/mol. The molecule has 1 aliphatic heterocycles. The van der Waals surface area contributed by atoms with Crippen LogP contribution in [0.4, 0.5) is 0 Å². The molecule has 0 aliphatic carbocycles. The van der Waals surface area contributed by atoms with Crippen molar-refractivity contribution in [3.8, 4) is 0 Å². The van der Waals surface area contributed by atoms with Gasteiger partial charge in [-0.15, -0.1) is 11.3 Å². The highest BCUT2D eigenvalue weighted by Crippen LogP contribution is 2.27. The summed E-state index contributed by atoms with van der Waals surface area (Å²) >= 11 is 1.85. The molecule has 2 nitrogen and oxygen atoms in total. The SMILES string of the molecule is CC(C)(CNC1CCOCC1)c1cccs1. The Morgan fingerprint density at radius 2 is 2.19 bits per heavy atom. The zero-order valence-electron chi connectivity index (χ0n) is 10.2. The van der Waals surface area contributed by atoms with Crippen molar-refractivity contribution in [2.45, 2.75) is 38.1 Å². The van der Waals surface area contributed by atoms with Crippen LogP contribution < -0.4 is 5.32 Å². The van der Waals surface area contributed by atoms with E-state index in [-0.39, 0.29) is 5.41 Å². The molecule has 0 atom stereocenters. The molecule has 3 heteroatoms. The Hall–Kier alpha value is -0.380. The van der Waals surface area contributed by atoms with Crippen LogP contribution in [0.3, 0.4) is 0 Å². The number of hydrogen-bond donors (Lipinski definition) is 1. The molecule has 0 unspecified atom stereocenters. The summed E-state index contributed by atoms with van der Waals surface area (Å²) in [7, 11) is 0. The lowest BCUT2D eigenvalue weighted by Crippen LogP contribution is -2.41. The van der Waals surface area contributed by atoms with E-state index in [9.17, 15) is 0 Å². The Bertz CT molecular complexity index is 302. The first-order valence-electron chi connectivity index (χ1n) is 6.03. The molecule has 0 radical (unpaired) electrons. The van der Waals surface area contributed by atoms with Crippen LogP contribution in [-0.4, -0.2) is 25.8 Å². The Balaban J connectivity index is 1.84. The topological polar surface area (TPSA) is 21.3 Å². The smallest absolute Gasteiger partial charge is 0.0480 e. The molecule has 0 bridgehead atoms. The predicted octanol–water partition coefficient (Wildman–Crippen LogP) is 2.79. The maximum Gasteiger partial charge on any atom is 0.0480 e. The van der Waals surface area contributed by atoms with Gasteiger partial charge in [0.25, 0.3) is 0 Å². The van der Waals surface area contributed by atoms with Gasteiger partial charge in [-0.1, -0.05) is 19.9 Å². The molecule has 1 N–H and O–H groups in total. The Labute approximate surface area is 102 Å². The highest BCUT2D eigenvalue weighted by Gasteiger charge is 2.23. The van der Waals surface area contributed by atoms with Crippen molar-refractivity contribution < 1.29 is 4.74 Å². The minimum atomic E-state index is 0.243. The summed E-state index contributed by atoms with van der Waals surface area (Å²) in [6.45, 7) is 7.50. The van der Waals surface area contributed by atoms with Crippen LogP contribution in [0.25, 0.3) is 0 Å². The summed E-state index contributed by atoms with van der Waals surface area (Å²) in [5, 5.41) is 5.84. The molecule has 0 saturated carbocycles. The highest BCUT2D eigenvalue weighted by atomic mass is 32.1. The van der Waals surface area contributed by atoms with Crippen LogP contribution in [-0.2, 0) is 10.2 Å². The van der Waals surface area contributed by atoms with Gasteiger partial charge >= 0.3 is 0 Å². The van der Waals surface area contributed by atoms with Gasteiger partial charge in [-0.2, -0.15) is 0 Å². The van der Waals surface area contributed by atoms with E-state index in [0.717, 1.165) is 32.6 Å². The van der Waals surface area contributed by atoms with E-state index >= 15 is 0 Å². The van der Waals surface area contributed by atoms with E-state index in [2.05, 4.69) is 36.7 Å².